The molecule has 0 aromatic heterocycles. The minimum atomic E-state index is -3.89. The molecule has 132 valence electrons. The zero-order valence-corrected chi connectivity index (χ0v) is 15.0. The molecular formula is C17H16ClFN2O3S. The highest BCUT2D eigenvalue weighted by Crippen LogP contribution is 2.31. The lowest BCUT2D eigenvalue weighted by Crippen LogP contribution is -2.34. The molecule has 2 aromatic carbocycles. The SMILES string of the molecule is CCN1C(=O)CCc2cc(NS(=O)(=O)c3ccc(F)c(Cl)c3)ccc21. The van der Waals surface area contributed by atoms with Crippen LogP contribution in [0.25, 0.3) is 0 Å². The molecule has 0 unspecified atom stereocenters. The first-order valence-corrected chi connectivity index (χ1v) is 9.59. The first-order chi connectivity index (χ1) is 11.8. The molecule has 0 atom stereocenters. The van der Waals surface area contributed by atoms with Crippen molar-refractivity contribution in [2.24, 2.45) is 0 Å². The van der Waals surface area contributed by atoms with E-state index >= 15 is 0 Å². The number of hydrogen-bond acceptors (Lipinski definition) is 3. The highest BCUT2D eigenvalue weighted by molar-refractivity contribution is 7.92. The summed E-state index contributed by atoms with van der Waals surface area (Å²) in [6, 6.07) is 8.27. The third kappa shape index (κ3) is 3.48. The van der Waals surface area contributed by atoms with E-state index in [1.54, 1.807) is 23.1 Å². The molecule has 1 amide bonds. The molecule has 0 aliphatic carbocycles. The van der Waals surface area contributed by atoms with Crippen molar-refractivity contribution in [3.63, 3.8) is 0 Å². The van der Waals surface area contributed by atoms with Gasteiger partial charge in [-0.2, -0.15) is 0 Å². The Morgan fingerprint density at radius 1 is 1.20 bits per heavy atom. The maximum Gasteiger partial charge on any atom is 0.261 e. The van der Waals surface area contributed by atoms with Crippen LogP contribution in [0.2, 0.25) is 5.02 Å². The van der Waals surface area contributed by atoms with Gasteiger partial charge in [-0.15, -0.1) is 0 Å². The number of nitrogens with zero attached hydrogens (tertiary/aromatic N) is 1. The van der Waals surface area contributed by atoms with Crippen LogP contribution in [0, 0.1) is 5.82 Å². The van der Waals surface area contributed by atoms with Crippen LogP contribution in [0.5, 0.6) is 0 Å². The van der Waals surface area contributed by atoms with Gasteiger partial charge in [-0.1, -0.05) is 11.6 Å². The summed E-state index contributed by atoms with van der Waals surface area (Å²) >= 11 is 5.66. The van der Waals surface area contributed by atoms with E-state index in [4.69, 9.17) is 11.6 Å². The van der Waals surface area contributed by atoms with Crippen molar-refractivity contribution in [3.8, 4) is 0 Å². The molecule has 1 aliphatic rings. The molecule has 2 aromatic rings. The van der Waals surface area contributed by atoms with Crippen molar-refractivity contribution in [3.05, 3.63) is 52.8 Å². The number of sulfonamides is 1. The predicted molar refractivity (Wildman–Crippen MR) is 95.0 cm³/mol. The van der Waals surface area contributed by atoms with Gasteiger partial charge < -0.3 is 4.90 Å². The first-order valence-electron chi connectivity index (χ1n) is 7.73. The van der Waals surface area contributed by atoms with Crippen molar-refractivity contribution in [1.29, 1.82) is 0 Å². The summed E-state index contributed by atoms with van der Waals surface area (Å²) in [5.41, 5.74) is 2.08. The number of benzene rings is 2. The van der Waals surface area contributed by atoms with E-state index in [0.29, 0.717) is 25.1 Å². The average Bonchev–Trinajstić information content (AvgIpc) is 2.57. The summed E-state index contributed by atoms with van der Waals surface area (Å²) in [5.74, 6) is -0.622. The predicted octanol–water partition coefficient (Wildman–Crippen LogP) is 3.58. The lowest BCUT2D eigenvalue weighted by atomic mass is 10.0. The van der Waals surface area contributed by atoms with Crippen LogP contribution in [0.4, 0.5) is 15.8 Å². The second-order valence-electron chi connectivity index (χ2n) is 5.66. The summed E-state index contributed by atoms with van der Waals surface area (Å²) in [6.07, 6.45) is 0.952. The first kappa shape index (κ1) is 17.7. The highest BCUT2D eigenvalue weighted by Gasteiger charge is 2.24. The minimum Gasteiger partial charge on any atom is -0.312 e. The summed E-state index contributed by atoms with van der Waals surface area (Å²) in [4.78, 5) is 13.5. The molecule has 0 bridgehead atoms. The fraction of sp³-hybridized carbons (Fsp3) is 0.235. The van der Waals surface area contributed by atoms with Gasteiger partial charge in [0.25, 0.3) is 10.0 Å². The second-order valence-corrected chi connectivity index (χ2v) is 7.75. The average molecular weight is 383 g/mol. The highest BCUT2D eigenvalue weighted by atomic mass is 35.5. The van der Waals surface area contributed by atoms with Crippen LogP contribution < -0.4 is 9.62 Å². The zero-order chi connectivity index (χ0) is 18.2. The van der Waals surface area contributed by atoms with E-state index in [2.05, 4.69) is 4.72 Å². The van der Waals surface area contributed by atoms with Crippen LogP contribution >= 0.6 is 11.6 Å². The summed E-state index contributed by atoms with van der Waals surface area (Å²) in [6.45, 7) is 2.45. The molecular weight excluding hydrogens is 367 g/mol. The smallest absolute Gasteiger partial charge is 0.261 e. The topological polar surface area (TPSA) is 66.5 Å². The normalized spacial score (nSPS) is 14.4. The number of nitrogens with one attached hydrogen (secondary N) is 1. The number of amides is 1. The van der Waals surface area contributed by atoms with Gasteiger partial charge in [-0.3, -0.25) is 9.52 Å². The number of carbonyl (C=O) groups excluding carboxylic acids is 1. The van der Waals surface area contributed by atoms with Crippen LogP contribution in [0.3, 0.4) is 0 Å². The minimum absolute atomic E-state index is 0.0595. The van der Waals surface area contributed by atoms with Gasteiger partial charge in [0.2, 0.25) is 5.91 Å². The van der Waals surface area contributed by atoms with Gasteiger partial charge in [-0.05, 0) is 55.3 Å². The summed E-state index contributed by atoms with van der Waals surface area (Å²) < 4.78 is 40.6. The standard InChI is InChI=1S/C17H16ClFN2O3S/c1-2-21-16-7-4-12(9-11(16)3-8-17(21)22)20-25(23,24)13-5-6-15(19)14(18)10-13/h4-7,9-10,20H,2-3,8H2,1H3. The Morgan fingerprint density at radius 3 is 2.64 bits per heavy atom. The van der Waals surface area contributed by atoms with Gasteiger partial charge in [0.15, 0.2) is 0 Å². The molecule has 0 saturated heterocycles. The zero-order valence-electron chi connectivity index (χ0n) is 13.4. The number of halogens is 2. The molecule has 0 radical (unpaired) electrons. The molecule has 1 heterocycles. The number of fused-ring (bicyclic) bond motifs is 1. The Hall–Kier alpha value is -2.12. The van der Waals surface area contributed by atoms with Crippen molar-refractivity contribution in [2.45, 2.75) is 24.7 Å². The quantitative estimate of drug-likeness (QED) is 0.878. The number of aryl methyl sites for hydroxylation is 1. The van der Waals surface area contributed by atoms with Crippen molar-refractivity contribution >= 4 is 38.9 Å². The van der Waals surface area contributed by atoms with Gasteiger partial charge in [0.05, 0.1) is 9.92 Å². The molecule has 0 fully saturated rings. The van der Waals surface area contributed by atoms with Gasteiger partial charge >= 0.3 is 0 Å². The van der Waals surface area contributed by atoms with E-state index in [-0.39, 0.29) is 15.8 Å². The van der Waals surface area contributed by atoms with Crippen LogP contribution in [-0.4, -0.2) is 20.9 Å². The van der Waals surface area contributed by atoms with E-state index in [1.807, 2.05) is 6.92 Å². The Bertz CT molecular complexity index is 947. The molecule has 25 heavy (non-hydrogen) atoms. The largest absolute Gasteiger partial charge is 0.312 e. The van der Waals surface area contributed by atoms with Crippen molar-refractivity contribution in [2.75, 3.05) is 16.2 Å². The monoisotopic (exact) mass is 382 g/mol. The second kappa shape index (κ2) is 6.65. The molecule has 5 nitrogen and oxygen atoms in total. The number of rotatable bonds is 4. The van der Waals surface area contributed by atoms with Crippen molar-refractivity contribution in [1.82, 2.24) is 0 Å². The maximum atomic E-state index is 13.2. The lowest BCUT2D eigenvalue weighted by molar-refractivity contribution is -0.118. The van der Waals surface area contributed by atoms with E-state index in [1.165, 1.54) is 0 Å². The van der Waals surface area contributed by atoms with Gasteiger partial charge in [0, 0.05) is 24.3 Å². The fourth-order valence-corrected chi connectivity index (χ4v) is 4.15. The fourth-order valence-electron chi connectivity index (χ4n) is 2.83. The third-order valence-corrected chi connectivity index (χ3v) is 5.72. The Balaban J connectivity index is 1.90. The molecule has 0 saturated carbocycles. The van der Waals surface area contributed by atoms with E-state index < -0.39 is 15.8 Å². The van der Waals surface area contributed by atoms with Crippen LogP contribution in [0.1, 0.15) is 18.9 Å². The molecule has 1 aliphatic heterocycles. The summed E-state index contributed by atoms with van der Waals surface area (Å²) in [5, 5.41) is -0.259. The van der Waals surface area contributed by atoms with Gasteiger partial charge in [-0.25, -0.2) is 12.8 Å². The molecule has 0 spiro atoms. The van der Waals surface area contributed by atoms with E-state index in [0.717, 1.165) is 29.4 Å². The Labute approximate surface area is 150 Å². The number of carbonyl (C=O) groups is 1. The van der Waals surface area contributed by atoms with Crippen molar-refractivity contribution < 1.29 is 17.6 Å². The third-order valence-electron chi connectivity index (χ3n) is 4.05. The molecule has 1 N–H and O–H groups in total. The van der Waals surface area contributed by atoms with Gasteiger partial charge in [0.1, 0.15) is 5.82 Å². The molecule has 3 rings (SSSR count). The lowest BCUT2D eigenvalue weighted by Gasteiger charge is -2.28. The summed E-state index contributed by atoms with van der Waals surface area (Å²) in [7, 11) is -3.89. The Kier molecular flexibility index (Phi) is 4.71. The molecule has 8 heteroatoms. The Morgan fingerprint density at radius 2 is 1.96 bits per heavy atom. The number of anilines is 2. The van der Waals surface area contributed by atoms with Crippen LogP contribution in [-0.2, 0) is 21.2 Å². The number of hydrogen-bond donors (Lipinski definition) is 1. The van der Waals surface area contributed by atoms with Crippen LogP contribution in [0.15, 0.2) is 41.3 Å². The van der Waals surface area contributed by atoms with E-state index in [9.17, 15) is 17.6 Å². The maximum absolute atomic E-state index is 13.2.